The first-order valence-electron chi connectivity index (χ1n) is 7.40. The van der Waals surface area contributed by atoms with Gasteiger partial charge in [0.2, 0.25) is 0 Å². The SMILES string of the molecule is CC(OC(=O)c1ccc(-c2ccc(F)cc2)s1)C(=O)NC1CC1. The minimum Gasteiger partial charge on any atom is -0.448 e. The monoisotopic (exact) mass is 333 g/mol. The van der Waals surface area contributed by atoms with E-state index >= 15 is 0 Å². The van der Waals surface area contributed by atoms with E-state index in [2.05, 4.69) is 5.32 Å². The average molecular weight is 333 g/mol. The summed E-state index contributed by atoms with van der Waals surface area (Å²) >= 11 is 1.25. The molecule has 1 aromatic carbocycles. The van der Waals surface area contributed by atoms with Gasteiger partial charge in [-0.3, -0.25) is 4.79 Å². The minimum absolute atomic E-state index is 0.232. The van der Waals surface area contributed by atoms with Crippen LogP contribution < -0.4 is 5.32 Å². The van der Waals surface area contributed by atoms with E-state index in [4.69, 9.17) is 4.74 Å². The van der Waals surface area contributed by atoms with E-state index in [1.54, 1.807) is 31.2 Å². The lowest BCUT2D eigenvalue weighted by atomic mass is 10.2. The molecule has 1 N–H and O–H groups in total. The van der Waals surface area contributed by atoms with Crippen LogP contribution >= 0.6 is 11.3 Å². The van der Waals surface area contributed by atoms with Crippen molar-refractivity contribution < 1.29 is 18.7 Å². The fourth-order valence-electron chi connectivity index (χ4n) is 2.04. The van der Waals surface area contributed by atoms with Gasteiger partial charge >= 0.3 is 5.97 Å². The molecule has 0 radical (unpaired) electrons. The maximum atomic E-state index is 12.9. The van der Waals surface area contributed by atoms with Crippen molar-refractivity contribution in [2.45, 2.75) is 31.9 Å². The number of carbonyl (C=O) groups is 2. The van der Waals surface area contributed by atoms with Crippen LogP contribution in [0.3, 0.4) is 0 Å². The van der Waals surface area contributed by atoms with Crippen molar-refractivity contribution in [1.82, 2.24) is 5.32 Å². The van der Waals surface area contributed by atoms with Crippen molar-refractivity contribution in [2.24, 2.45) is 0 Å². The Morgan fingerprint density at radius 1 is 1.22 bits per heavy atom. The van der Waals surface area contributed by atoms with Gasteiger partial charge in [0.25, 0.3) is 5.91 Å². The quantitative estimate of drug-likeness (QED) is 0.854. The number of benzene rings is 1. The summed E-state index contributed by atoms with van der Waals surface area (Å²) < 4.78 is 18.1. The van der Waals surface area contributed by atoms with E-state index in [-0.39, 0.29) is 17.8 Å². The summed E-state index contributed by atoms with van der Waals surface area (Å²) in [6, 6.07) is 9.72. The predicted molar refractivity (Wildman–Crippen MR) is 85.8 cm³/mol. The van der Waals surface area contributed by atoms with Crippen LogP contribution in [0.2, 0.25) is 0 Å². The highest BCUT2D eigenvalue weighted by Crippen LogP contribution is 2.29. The van der Waals surface area contributed by atoms with E-state index in [0.29, 0.717) is 4.88 Å². The zero-order valence-electron chi connectivity index (χ0n) is 12.5. The number of esters is 1. The number of carbonyl (C=O) groups excluding carboxylic acids is 2. The molecule has 1 saturated carbocycles. The van der Waals surface area contributed by atoms with Crippen molar-refractivity contribution in [1.29, 1.82) is 0 Å². The minimum atomic E-state index is -0.820. The number of hydrogen-bond acceptors (Lipinski definition) is 4. The Balaban J connectivity index is 1.63. The average Bonchev–Trinajstić information content (AvgIpc) is 3.20. The first-order valence-corrected chi connectivity index (χ1v) is 8.22. The van der Waals surface area contributed by atoms with Gasteiger partial charge in [-0.25, -0.2) is 9.18 Å². The maximum absolute atomic E-state index is 12.9. The second kappa shape index (κ2) is 6.50. The smallest absolute Gasteiger partial charge is 0.349 e. The van der Waals surface area contributed by atoms with Gasteiger partial charge in [0, 0.05) is 10.9 Å². The Kier molecular flexibility index (Phi) is 4.43. The van der Waals surface area contributed by atoms with Gasteiger partial charge in [0.1, 0.15) is 10.7 Å². The van der Waals surface area contributed by atoms with Crippen LogP contribution in [0, 0.1) is 5.82 Å². The molecule has 1 aliphatic rings. The molecule has 0 aliphatic heterocycles. The van der Waals surface area contributed by atoms with Gasteiger partial charge in [-0.2, -0.15) is 0 Å². The van der Waals surface area contributed by atoms with Crippen molar-refractivity contribution in [3.63, 3.8) is 0 Å². The topological polar surface area (TPSA) is 55.4 Å². The summed E-state index contributed by atoms with van der Waals surface area (Å²) in [6.45, 7) is 1.56. The summed E-state index contributed by atoms with van der Waals surface area (Å²) in [5.74, 6) is -1.10. The van der Waals surface area contributed by atoms with E-state index in [9.17, 15) is 14.0 Å². The van der Waals surface area contributed by atoms with Crippen molar-refractivity contribution in [3.05, 3.63) is 47.1 Å². The molecule has 1 atom stereocenters. The number of thiophene rings is 1. The molecule has 0 saturated heterocycles. The summed E-state index contributed by atoms with van der Waals surface area (Å²) in [4.78, 5) is 25.2. The fourth-order valence-corrected chi connectivity index (χ4v) is 2.93. The van der Waals surface area contributed by atoms with Crippen LogP contribution in [0.4, 0.5) is 4.39 Å². The zero-order chi connectivity index (χ0) is 16.4. The number of halogens is 1. The number of rotatable bonds is 5. The molecule has 3 rings (SSSR count). The number of ether oxygens (including phenoxy) is 1. The molecule has 2 aromatic rings. The second-order valence-electron chi connectivity index (χ2n) is 5.50. The highest BCUT2D eigenvalue weighted by molar-refractivity contribution is 7.17. The number of amides is 1. The summed E-state index contributed by atoms with van der Waals surface area (Å²) in [7, 11) is 0. The summed E-state index contributed by atoms with van der Waals surface area (Å²) in [5, 5.41) is 2.80. The third-order valence-corrected chi connectivity index (χ3v) is 4.63. The third kappa shape index (κ3) is 3.96. The van der Waals surface area contributed by atoms with Gasteiger partial charge in [0.15, 0.2) is 6.10 Å². The van der Waals surface area contributed by atoms with E-state index in [0.717, 1.165) is 23.3 Å². The van der Waals surface area contributed by atoms with Crippen molar-refractivity contribution in [3.8, 4) is 10.4 Å². The molecule has 0 bridgehead atoms. The molecule has 1 amide bonds. The summed E-state index contributed by atoms with van der Waals surface area (Å²) in [6.07, 6.45) is 1.15. The molecular weight excluding hydrogens is 317 g/mol. The highest BCUT2D eigenvalue weighted by Gasteiger charge is 2.27. The Hall–Kier alpha value is -2.21. The van der Waals surface area contributed by atoms with Crippen LogP contribution in [0.5, 0.6) is 0 Å². The Morgan fingerprint density at radius 3 is 2.57 bits per heavy atom. The first-order chi connectivity index (χ1) is 11.0. The molecule has 4 nitrogen and oxygen atoms in total. The Morgan fingerprint density at radius 2 is 1.91 bits per heavy atom. The molecule has 6 heteroatoms. The lowest BCUT2D eigenvalue weighted by molar-refractivity contribution is -0.129. The van der Waals surface area contributed by atoms with E-state index < -0.39 is 12.1 Å². The number of nitrogens with one attached hydrogen (secondary N) is 1. The molecule has 1 fully saturated rings. The van der Waals surface area contributed by atoms with Crippen LogP contribution in [0.1, 0.15) is 29.4 Å². The molecule has 23 heavy (non-hydrogen) atoms. The Bertz CT molecular complexity index is 722. The van der Waals surface area contributed by atoms with Crippen LogP contribution in [-0.2, 0) is 9.53 Å². The third-order valence-electron chi connectivity index (χ3n) is 3.51. The molecule has 0 spiro atoms. The van der Waals surface area contributed by atoms with Gasteiger partial charge in [-0.15, -0.1) is 11.3 Å². The molecule has 1 aliphatic carbocycles. The largest absolute Gasteiger partial charge is 0.448 e. The van der Waals surface area contributed by atoms with Crippen LogP contribution in [0.25, 0.3) is 10.4 Å². The standard InChI is InChI=1S/C17H16FNO3S/c1-10(16(20)19-13-6-7-13)22-17(21)15-9-8-14(23-15)11-2-4-12(18)5-3-11/h2-5,8-10,13H,6-7H2,1H3,(H,19,20). The van der Waals surface area contributed by atoms with Gasteiger partial charge in [-0.05, 0) is 49.6 Å². The Labute approximate surface area is 137 Å². The lowest BCUT2D eigenvalue weighted by Crippen LogP contribution is -2.36. The fraction of sp³-hybridized carbons (Fsp3) is 0.294. The molecule has 1 aromatic heterocycles. The van der Waals surface area contributed by atoms with Gasteiger partial charge < -0.3 is 10.1 Å². The first kappa shape index (κ1) is 15.7. The van der Waals surface area contributed by atoms with Crippen molar-refractivity contribution in [2.75, 3.05) is 0 Å². The maximum Gasteiger partial charge on any atom is 0.349 e. The molecule has 1 unspecified atom stereocenters. The molecule has 120 valence electrons. The predicted octanol–water partition coefficient (Wildman–Crippen LogP) is 3.38. The normalized spacial score (nSPS) is 15.0. The summed E-state index contributed by atoms with van der Waals surface area (Å²) in [5.41, 5.74) is 0.829. The highest BCUT2D eigenvalue weighted by atomic mass is 32.1. The molecule has 1 heterocycles. The van der Waals surface area contributed by atoms with Gasteiger partial charge in [-0.1, -0.05) is 12.1 Å². The van der Waals surface area contributed by atoms with Crippen molar-refractivity contribution >= 4 is 23.2 Å². The van der Waals surface area contributed by atoms with E-state index in [1.807, 2.05) is 0 Å². The zero-order valence-corrected chi connectivity index (χ0v) is 13.4. The van der Waals surface area contributed by atoms with Gasteiger partial charge in [0.05, 0.1) is 0 Å². The molecular formula is C17H16FNO3S. The second-order valence-corrected chi connectivity index (χ2v) is 6.58. The van der Waals surface area contributed by atoms with E-state index in [1.165, 1.54) is 23.5 Å². The van der Waals surface area contributed by atoms with Crippen LogP contribution in [0.15, 0.2) is 36.4 Å². The van der Waals surface area contributed by atoms with Crippen LogP contribution in [-0.4, -0.2) is 24.0 Å². The lowest BCUT2D eigenvalue weighted by Gasteiger charge is -2.12. The number of hydrogen-bond donors (Lipinski definition) is 1.